The average molecular weight is 337 g/mol. The highest BCUT2D eigenvalue weighted by Gasteiger charge is 2.02. The van der Waals surface area contributed by atoms with Crippen molar-refractivity contribution >= 4 is 5.91 Å². The second-order valence-corrected chi connectivity index (χ2v) is 5.75. The number of primary amides is 1. The Kier molecular flexibility index (Phi) is 7.48. The van der Waals surface area contributed by atoms with E-state index in [1.165, 1.54) is 0 Å². The number of hydrogen-bond acceptors (Lipinski definition) is 4. The highest BCUT2D eigenvalue weighted by Crippen LogP contribution is 2.14. The molecule has 2 aromatic rings. The van der Waals surface area contributed by atoms with Crippen LogP contribution in [0.3, 0.4) is 0 Å². The smallest absolute Gasteiger partial charge is 0.248 e. The van der Waals surface area contributed by atoms with Gasteiger partial charge in [-0.05, 0) is 54.8 Å². The van der Waals surface area contributed by atoms with Gasteiger partial charge in [-0.25, -0.2) is 0 Å². The van der Waals surface area contributed by atoms with E-state index in [1.54, 1.807) is 6.07 Å². The first-order valence-corrected chi connectivity index (χ1v) is 8.37. The monoisotopic (exact) mass is 337 g/mol. The minimum Gasteiger partial charge on any atom is -0.494 e. The number of nitrogens with zero attached hydrogens (tertiary/aromatic N) is 1. The second kappa shape index (κ2) is 10.1. The van der Waals surface area contributed by atoms with E-state index in [-0.39, 0.29) is 0 Å². The molecule has 0 bridgehead atoms. The summed E-state index contributed by atoms with van der Waals surface area (Å²) in [7, 11) is 0. The Hall–Kier alpha value is -2.84. The predicted molar refractivity (Wildman–Crippen MR) is 97.2 cm³/mol. The lowest BCUT2D eigenvalue weighted by atomic mass is 10.1. The first-order valence-electron chi connectivity index (χ1n) is 8.37. The molecule has 25 heavy (non-hydrogen) atoms. The molecule has 0 fully saturated rings. The summed E-state index contributed by atoms with van der Waals surface area (Å²) in [5.74, 6) is 0.424. The van der Waals surface area contributed by atoms with Gasteiger partial charge in [-0.15, -0.1) is 0 Å². The van der Waals surface area contributed by atoms with Gasteiger partial charge in [0.15, 0.2) is 0 Å². The third kappa shape index (κ3) is 6.66. The summed E-state index contributed by atoms with van der Waals surface area (Å²) in [5.41, 5.74) is 8.06. The summed E-state index contributed by atoms with van der Waals surface area (Å²) in [6, 6.07) is 17.4. The highest BCUT2D eigenvalue weighted by atomic mass is 16.5. The SMILES string of the molecule is N#CCCCOc1cccc(CNCCc2cccc(C(N)=O)c2)c1. The second-order valence-electron chi connectivity index (χ2n) is 5.75. The van der Waals surface area contributed by atoms with E-state index in [9.17, 15) is 4.79 Å². The lowest BCUT2D eigenvalue weighted by molar-refractivity contribution is 0.1000. The van der Waals surface area contributed by atoms with Crippen molar-refractivity contribution in [3.63, 3.8) is 0 Å². The van der Waals surface area contributed by atoms with Gasteiger partial charge in [-0.1, -0.05) is 24.3 Å². The molecule has 5 heteroatoms. The minimum atomic E-state index is -0.401. The Bertz CT molecular complexity index is 738. The molecule has 0 aliphatic rings. The molecule has 0 aliphatic carbocycles. The number of amides is 1. The van der Waals surface area contributed by atoms with Crippen LogP contribution in [0.4, 0.5) is 0 Å². The minimum absolute atomic E-state index is 0.401. The Morgan fingerprint density at radius 3 is 2.76 bits per heavy atom. The van der Waals surface area contributed by atoms with E-state index in [2.05, 4.69) is 11.4 Å². The molecule has 0 radical (unpaired) electrons. The molecule has 2 aromatic carbocycles. The summed E-state index contributed by atoms with van der Waals surface area (Å²) >= 11 is 0. The molecular weight excluding hydrogens is 314 g/mol. The molecule has 0 saturated carbocycles. The summed E-state index contributed by atoms with van der Waals surface area (Å²) in [5, 5.41) is 11.9. The fraction of sp³-hybridized carbons (Fsp3) is 0.300. The van der Waals surface area contributed by atoms with Gasteiger partial charge in [-0.3, -0.25) is 4.79 Å². The number of carbonyl (C=O) groups is 1. The van der Waals surface area contributed by atoms with Crippen LogP contribution in [0.15, 0.2) is 48.5 Å². The zero-order valence-electron chi connectivity index (χ0n) is 14.2. The molecule has 2 rings (SSSR count). The maximum absolute atomic E-state index is 11.2. The van der Waals surface area contributed by atoms with Gasteiger partial charge in [0.05, 0.1) is 12.7 Å². The lowest BCUT2D eigenvalue weighted by Gasteiger charge is -2.09. The van der Waals surface area contributed by atoms with Crippen LogP contribution in [0, 0.1) is 11.3 Å². The van der Waals surface area contributed by atoms with E-state index in [4.69, 9.17) is 15.7 Å². The van der Waals surface area contributed by atoms with Crippen molar-refractivity contribution in [2.45, 2.75) is 25.8 Å². The van der Waals surface area contributed by atoms with Crippen LogP contribution in [0.5, 0.6) is 5.75 Å². The molecular formula is C20H23N3O2. The van der Waals surface area contributed by atoms with Gasteiger partial charge in [0.25, 0.3) is 0 Å². The highest BCUT2D eigenvalue weighted by molar-refractivity contribution is 5.92. The number of rotatable bonds is 10. The van der Waals surface area contributed by atoms with Crippen LogP contribution >= 0.6 is 0 Å². The van der Waals surface area contributed by atoms with Crippen LogP contribution in [0.1, 0.15) is 34.3 Å². The summed E-state index contributed by atoms with van der Waals surface area (Å²) < 4.78 is 5.64. The molecule has 0 heterocycles. The van der Waals surface area contributed by atoms with E-state index in [0.717, 1.165) is 42.8 Å². The van der Waals surface area contributed by atoms with Crippen molar-refractivity contribution in [1.82, 2.24) is 5.32 Å². The van der Waals surface area contributed by atoms with Crippen molar-refractivity contribution in [1.29, 1.82) is 5.26 Å². The van der Waals surface area contributed by atoms with E-state index in [1.807, 2.05) is 42.5 Å². The van der Waals surface area contributed by atoms with Crippen molar-refractivity contribution in [2.24, 2.45) is 5.73 Å². The van der Waals surface area contributed by atoms with Gasteiger partial charge in [-0.2, -0.15) is 5.26 Å². The third-order valence-corrected chi connectivity index (χ3v) is 3.73. The number of nitriles is 1. The molecule has 130 valence electrons. The summed E-state index contributed by atoms with van der Waals surface area (Å²) in [4.78, 5) is 11.2. The van der Waals surface area contributed by atoms with Gasteiger partial charge >= 0.3 is 0 Å². The molecule has 0 spiro atoms. The molecule has 0 unspecified atom stereocenters. The fourth-order valence-electron chi connectivity index (χ4n) is 2.43. The van der Waals surface area contributed by atoms with Crippen molar-refractivity contribution in [3.8, 4) is 11.8 Å². The zero-order valence-corrected chi connectivity index (χ0v) is 14.2. The Labute approximate surface area is 148 Å². The van der Waals surface area contributed by atoms with E-state index >= 15 is 0 Å². The first-order chi connectivity index (χ1) is 12.2. The van der Waals surface area contributed by atoms with Crippen LogP contribution < -0.4 is 15.8 Å². The maximum Gasteiger partial charge on any atom is 0.248 e. The Morgan fingerprint density at radius 2 is 1.96 bits per heavy atom. The molecule has 0 aromatic heterocycles. The number of ether oxygens (including phenoxy) is 1. The Balaban J connectivity index is 1.75. The van der Waals surface area contributed by atoms with Crippen LogP contribution in [-0.4, -0.2) is 19.1 Å². The molecule has 0 saturated heterocycles. The standard InChI is InChI=1S/C20H23N3O2/c21-10-1-2-12-25-19-8-4-6-17(14-19)15-23-11-9-16-5-3-7-18(13-16)20(22)24/h3-8,13-14,23H,1-2,9,11-12,15H2,(H2,22,24). The molecule has 3 N–H and O–H groups in total. The van der Waals surface area contributed by atoms with E-state index < -0.39 is 5.91 Å². The lowest BCUT2D eigenvalue weighted by Crippen LogP contribution is -2.17. The largest absolute Gasteiger partial charge is 0.494 e. The molecule has 5 nitrogen and oxygen atoms in total. The normalized spacial score (nSPS) is 10.2. The predicted octanol–water partition coefficient (Wildman–Crippen LogP) is 2.80. The molecule has 0 aliphatic heterocycles. The summed E-state index contributed by atoms with van der Waals surface area (Å²) in [6.07, 6.45) is 2.08. The number of nitrogens with two attached hydrogens (primary N) is 1. The quantitative estimate of drug-likeness (QED) is 0.653. The Morgan fingerprint density at radius 1 is 1.16 bits per heavy atom. The zero-order chi connectivity index (χ0) is 17.9. The van der Waals surface area contributed by atoms with Crippen molar-refractivity contribution in [2.75, 3.05) is 13.2 Å². The number of carbonyl (C=O) groups excluding carboxylic acids is 1. The van der Waals surface area contributed by atoms with Crippen LogP contribution in [0.2, 0.25) is 0 Å². The third-order valence-electron chi connectivity index (χ3n) is 3.73. The van der Waals surface area contributed by atoms with Crippen molar-refractivity contribution < 1.29 is 9.53 Å². The van der Waals surface area contributed by atoms with Gasteiger partial charge in [0.1, 0.15) is 5.75 Å². The first kappa shape index (κ1) is 18.5. The number of hydrogen-bond donors (Lipinski definition) is 2. The maximum atomic E-state index is 11.2. The van der Waals surface area contributed by atoms with Crippen LogP contribution in [-0.2, 0) is 13.0 Å². The van der Waals surface area contributed by atoms with Crippen LogP contribution in [0.25, 0.3) is 0 Å². The van der Waals surface area contributed by atoms with Gasteiger partial charge in [0.2, 0.25) is 5.91 Å². The van der Waals surface area contributed by atoms with Gasteiger partial charge in [0, 0.05) is 18.5 Å². The number of benzene rings is 2. The topological polar surface area (TPSA) is 88.1 Å². The number of unbranched alkanes of at least 4 members (excludes halogenated alkanes) is 1. The molecule has 0 atom stereocenters. The average Bonchev–Trinajstić information content (AvgIpc) is 2.63. The molecule has 1 amide bonds. The van der Waals surface area contributed by atoms with E-state index in [0.29, 0.717) is 18.6 Å². The summed E-state index contributed by atoms with van der Waals surface area (Å²) in [6.45, 7) is 2.10. The fourth-order valence-corrected chi connectivity index (χ4v) is 2.43. The van der Waals surface area contributed by atoms with Gasteiger partial charge < -0.3 is 15.8 Å². The van der Waals surface area contributed by atoms with Crippen molar-refractivity contribution in [3.05, 3.63) is 65.2 Å². The number of nitrogens with one attached hydrogen (secondary N) is 1.